The molecule has 0 aliphatic carbocycles. The van der Waals surface area contributed by atoms with Crippen molar-refractivity contribution >= 4 is 11.6 Å². The number of ether oxygens (including phenoxy) is 3. The van der Waals surface area contributed by atoms with Crippen molar-refractivity contribution in [2.45, 2.75) is 27.2 Å². The fraction of sp³-hybridized carbons (Fsp3) is 0.435. The highest BCUT2D eigenvalue weighted by atomic mass is 16.5. The van der Waals surface area contributed by atoms with Crippen molar-refractivity contribution in [3.63, 3.8) is 0 Å². The number of carbonyl (C=O) groups excluding carboxylic acids is 1. The molecule has 0 unspecified atom stereocenters. The van der Waals surface area contributed by atoms with Crippen LogP contribution in [0, 0.1) is 0 Å². The van der Waals surface area contributed by atoms with Crippen LogP contribution in [0.5, 0.6) is 17.2 Å². The lowest BCUT2D eigenvalue weighted by molar-refractivity contribution is 0.0953. The van der Waals surface area contributed by atoms with Crippen LogP contribution in [0.25, 0.3) is 0 Å². The lowest BCUT2D eigenvalue weighted by atomic mass is 10.2. The Bertz CT molecular complexity index is 762. The fourth-order valence-corrected chi connectivity index (χ4v) is 3.03. The quantitative estimate of drug-likeness (QED) is 0.543. The van der Waals surface area contributed by atoms with Crippen molar-refractivity contribution < 1.29 is 19.0 Å². The van der Waals surface area contributed by atoms with Gasteiger partial charge in [0.1, 0.15) is 5.75 Å². The Hall–Kier alpha value is -2.89. The van der Waals surface area contributed by atoms with Crippen molar-refractivity contribution in [2.75, 3.05) is 44.9 Å². The minimum atomic E-state index is -0.110. The third-order valence-corrected chi connectivity index (χ3v) is 4.52. The largest absolute Gasteiger partial charge is 0.497 e. The smallest absolute Gasteiger partial charge is 0.251 e. The first kappa shape index (κ1) is 22.4. The van der Waals surface area contributed by atoms with Crippen LogP contribution in [-0.2, 0) is 0 Å². The molecule has 2 aromatic carbocycles. The summed E-state index contributed by atoms with van der Waals surface area (Å²) in [7, 11) is 1.66. The summed E-state index contributed by atoms with van der Waals surface area (Å²) >= 11 is 0. The molecule has 0 bridgehead atoms. The molecule has 1 amide bonds. The third-order valence-electron chi connectivity index (χ3n) is 4.52. The van der Waals surface area contributed by atoms with Crippen LogP contribution < -0.4 is 24.4 Å². The number of hydrogen-bond acceptors (Lipinski definition) is 5. The second-order valence-corrected chi connectivity index (χ2v) is 6.41. The van der Waals surface area contributed by atoms with E-state index in [-0.39, 0.29) is 5.91 Å². The molecule has 0 aliphatic heterocycles. The van der Waals surface area contributed by atoms with Crippen LogP contribution >= 0.6 is 0 Å². The predicted octanol–water partition coefficient (Wildman–Crippen LogP) is 4.14. The minimum Gasteiger partial charge on any atom is -0.497 e. The Kier molecular flexibility index (Phi) is 9.15. The SMILES string of the molecule is CCOc1ccc(C(=O)NCCCN(CC)c2ccc(OC)cc2)cc1OCC. The Labute approximate surface area is 173 Å². The highest BCUT2D eigenvalue weighted by molar-refractivity contribution is 5.94. The summed E-state index contributed by atoms with van der Waals surface area (Å²) in [5, 5.41) is 2.99. The molecule has 0 heterocycles. The number of rotatable bonds is 12. The van der Waals surface area contributed by atoms with Gasteiger partial charge in [-0.2, -0.15) is 0 Å². The molecule has 0 aliphatic rings. The van der Waals surface area contributed by atoms with Crippen molar-refractivity contribution in [3.05, 3.63) is 48.0 Å². The molecule has 29 heavy (non-hydrogen) atoms. The highest BCUT2D eigenvalue weighted by Crippen LogP contribution is 2.28. The molecule has 0 atom stereocenters. The molecule has 6 nitrogen and oxygen atoms in total. The van der Waals surface area contributed by atoms with Crippen molar-refractivity contribution in [3.8, 4) is 17.2 Å². The van der Waals surface area contributed by atoms with E-state index in [1.165, 1.54) is 0 Å². The molecule has 0 saturated heterocycles. The van der Waals surface area contributed by atoms with Gasteiger partial charge in [0.25, 0.3) is 5.91 Å². The molecule has 0 fully saturated rings. The van der Waals surface area contributed by atoms with Gasteiger partial charge in [-0.1, -0.05) is 0 Å². The number of benzene rings is 2. The van der Waals surface area contributed by atoms with Gasteiger partial charge in [-0.05, 0) is 69.7 Å². The Balaban J connectivity index is 1.87. The standard InChI is InChI=1S/C23H32N2O4/c1-5-25(19-10-12-20(27-4)13-11-19)16-8-15-24-23(26)18-9-14-21(28-6-2)22(17-18)29-7-3/h9-14,17H,5-8,15-16H2,1-4H3,(H,24,26). The topological polar surface area (TPSA) is 60.0 Å². The van der Waals surface area contributed by atoms with E-state index in [9.17, 15) is 4.79 Å². The second kappa shape index (κ2) is 11.8. The van der Waals surface area contributed by atoms with E-state index in [0.29, 0.717) is 36.8 Å². The number of amides is 1. The van der Waals surface area contributed by atoms with Gasteiger partial charge < -0.3 is 24.4 Å². The zero-order valence-electron chi connectivity index (χ0n) is 17.9. The van der Waals surface area contributed by atoms with Crippen molar-refractivity contribution in [2.24, 2.45) is 0 Å². The third kappa shape index (κ3) is 6.59. The average molecular weight is 401 g/mol. The number of hydrogen-bond donors (Lipinski definition) is 1. The maximum atomic E-state index is 12.5. The van der Waals surface area contributed by atoms with E-state index in [1.54, 1.807) is 25.3 Å². The Morgan fingerprint density at radius 3 is 2.28 bits per heavy atom. The Morgan fingerprint density at radius 1 is 0.966 bits per heavy atom. The van der Waals surface area contributed by atoms with Gasteiger partial charge in [0.05, 0.1) is 20.3 Å². The predicted molar refractivity (Wildman–Crippen MR) is 117 cm³/mol. The number of nitrogens with zero attached hydrogens (tertiary/aromatic N) is 1. The molecular weight excluding hydrogens is 368 g/mol. The summed E-state index contributed by atoms with van der Waals surface area (Å²) in [6.07, 6.45) is 0.848. The molecular formula is C23H32N2O4. The van der Waals surface area contributed by atoms with Gasteiger partial charge >= 0.3 is 0 Å². The molecule has 158 valence electrons. The maximum absolute atomic E-state index is 12.5. The Morgan fingerprint density at radius 2 is 1.66 bits per heavy atom. The number of methoxy groups -OCH3 is 1. The van der Waals surface area contributed by atoms with Crippen LogP contribution in [0.1, 0.15) is 37.6 Å². The van der Waals surface area contributed by atoms with Gasteiger partial charge in [-0.15, -0.1) is 0 Å². The summed E-state index contributed by atoms with van der Waals surface area (Å²) in [5.41, 5.74) is 1.71. The second-order valence-electron chi connectivity index (χ2n) is 6.41. The van der Waals surface area contributed by atoms with Gasteiger partial charge in [-0.25, -0.2) is 0 Å². The number of carbonyl (C=O) groups is 1. The van der Waals surface area contributed by atoms with E-state index >= 15 is 0 Å². The molecule has 2 aromatic rings. The molecule has 0 radical (unpaired) electrons. The van der Waals surface area contributed by atoms with Gasteiger partial charge in [0.2, 0.25) is 0 Å². The van der Waals surface area contributed by atoms with E-state index in [0.717, 1.165) is 30.9 Å². The van der Waals surface area contributed by atoms with Crippen LogP contribution in [0.4, 0.5) is 5.69 Å². The van der Waals surface area contributed by atoms with E-state index < -0.39 is 0 Å². The highest BCUT2D eigenvalue weighted by Gasteiger charge is 2.11. The van der Waals surface area contributed by atoms with Crippen LogP contribution in [-0.4, -0.2) is 45.9 Å². The molecule has 0 spiro atoms. The molecule has 2 rings (SSSR count). The first-order valence-electron chi connectivity index (χ1n) is 10.2. The van der Waals surface area contributed by atoms with Gasteiger partial charge in [0, 0.05) is 30.9 Å². The average Bonchev–Trinajstić information content (AvgIpc) is 2.75. The lowest BCUT2D eigenvalue weighted by Crippen LogP contribution is -2.30. The monoisotopic (exact) mass is 400 g/mol. The summed E-state index contributed by atoms with van der Waals surface area (Å²) in [4.78, 5) is 14.8. The van der Waals surface area contributed by atoms with E-state index in [4.69, 9.17) is 14.2 Å². The van der Waals surface area contributed by atoms with Crippen LogP contribution in [0.2, 0.25) is 0 Å². The zero-order valence-corrected chi connectivity index (χ0v) is 17.9. The van der Waals surface area contributed by atoms with Crippen LogP contribution in [0.15, 0.2) is 42.5 Å². The zero-order chi connectivity index (χ0) is 21.1. The first-order chi connectivity index (χ1) is 14.1. The summed E-state index contributed by atoms with van der Waals surface area (Å²) < 4.78 is 16.4. The van der Waals surface area contributed by atoms with E-state index in [1.807, 2.05) is 26.0 Å². The normalized spacial score (nSPS) is 10.3. The molecule has 1 N–H and O–H groups in total. The fourth-order valence-electron chi connectivity index (χ4n) is 3.03. The summed E-state index contributed by atoms with van der Waals surface area (Å²) in [5.74, 6) is 1.99. The minimum absolute atomic E-state index is 0.110. The van der Waals surface area contributed by atoms with Crippen LogP contribution in [0.3, 0.4) is 0 Å². The first-order valence-corrected chi connectivity index (χ1v) is 10.2. The van der Waals surface area contributed by atoms with Gasteiger partial charge in [-0.3, -0.25) is 4.79 Å². The molecule has 6 heteroatoms. The van der Waals surface area contributed by atoms with Crippen molar-refractivity contribution in [1.82, 2.24) is 5.32 Å². The van der Waals surface area contributed by atoms with Gasteiger partial charge in [0.15, 0.2) is 11.5 Å². The number of anilines is 1. The lowest BCUT2D eigenvalue weighted by Gasteiger charge is -2.23. The van der Waals surface area contributed by atoms with E-state index in [2.05, 4.69) is 29.3 Å². The maximum Gasteiger partial charge on any atom is 0.251 e. The summed E-state index contributed by atoms with van der Waals surface area (Å²) in [6, 6.07) is 13.3. The summed E-state index contributed by atoms with van der Waals surface area (Å²) in [6.45, 7) is 9.37. The number of nitrogens with one attached hydrogen (secondary N) is 1. The van der Waals surface area contributed by atoms with Crippen molar-refractivity contribution in [1.29, 1.82) is 0 Å². The molecule has 0 saturated carbocycles. The molecule has 0 aromatic heterocycles.